The minimum Gasteiger partial charge on any atom is -0.545 e. The van der Waals surface area contributed by atoms with Crippen LogP contribution in [0.5, 0.6) is 0 Å². The molecule has 0 bridgehead atoms. The average Bonchev–Trinajstić information content (AvgIpc) is 3.19. The number of hydrogen-bond acceptors (Lipinski definition) is 5. The van der Waals surface area contributed by atoms with Crippen LogP contribution in [-0.2, 0) is 17.2 Å². The molecule has 1 atom stereocenters. The van der Waals surface area contributed by atoms with E-state index in [1.165, 1.54) is 6.42 Å². The maximum atomic E-state index is 13.6. The van der Waals surface area contributed by atoms with Gasteiger partial charge in [-0.3, -0.25) is 4.21 Å². The molecule has 5 rings (SSSR count). The van der Waals surface area contributed by atoms with Crippen LogP contribution in [0, 0.1) is 6.92 Å². The van der Waals surface area contributed by atoms with Gasteiger partial charge in [-0.25, -0.2) is 4.98 Å². The van der Waals surface area contributed by atoms with Gasteiger partial charge in [-0.05, 0) is 60.9 Å². The molecule has 0 spiro atoms. The van der Waals surface area contributed by atoms with Crippen molar-refractivity contribution in [2.24, 2.45) is 0 Å². The summed E-state index contributed by atoms with van der Waals surface area (Å²) in [5.74, 6) is -1.25. The van der Waals surface area contributed by atoms with E-state index >= 15 is 0 Å². The van der Waals surface area contributed by atoms with Gasteiger partial charge in [0.15, 0.2) is 0 Å². The molecule has 0 amide bonds. The number of carboxylic acids is 1. The van der Waals surface area contributed by atoms with Crippen molar-refractivity contribution < 1.29 is 43.7 Å². The molecule has 1 aliphatic carbocycles. The number of hydrogen-bond donors (Lipinski definition) is 0. The molecule has 1 fully saturated rings. The van der Waals surface area contributed by atoms with Crippen LogP contribution in [-0.4, -0.2) is 20.4 Å². The molecular formula is C27H26NNaO3S2. The maximum absolute atomic E-state index is 13.6. The maximum Gasteiger partial charge on any atom is 1.00 e. The SMILES string of the molecule is CCc1ccc(S(=O)C2CCCCC2)c2c(C(=O)[O-])cc(-c3sc4ccccc4c3C)nc12.[Na+]. The van der Waals surface area contributed by atoms with E-state index in [4.69, 9.17) is 4.98 Å². The van der Waals surface area contributed by atoms with Crippen LogP contribution >= 0.6 is 11.3 Å². The molecule has 2 heterocycles. The first-order valence-corrected chi connectivity index (χ1v) is 13.6. The number of thiophene rings is 1. The summed E-state index contributed by atoms with van der Waals surface area (Å²) in [6, 6.07) is 13.6. The van der Waals surface area contributed by atoms with Crippen molar-refractivity contribution in [3.05, 3.63) is 59.2 Å². The van der Waals surface area contributed by atoms with E-state index in [0.717, 1.165) is 51.8 Å². The number of nitrogens with zero attached hydrogens (tertiary/aromatic N) is 1. The van der Waals surface area contributed by atoms with Crippen LogP contribution in [0.4, 0.5) is 0 Å². The van der Waals surface area contributed by atoms with Crippen molar-refractivity contribution in [2.45, 2.75) is 62.5 Å². The monoisotopic (exact) mass is 499 g/mol. The van der Waals surface area contributed by atoms with Crippen molar-refractivity contribution in [3.63, 3.8) is 0 Å². The molecule has 1 saturated carbocycles. The molecular weight excluding hydrogens is 473 g/mol. The first-order chi connectivity index (χ1) is 16.0. The number of fused-ring (bicyclic) bond motifs is 2. The van der Waals surface area contributed by atoms with Gasteiger partial charge in [0.25, 0.3) is 0 Å². The Morgan fingerprint density at radius 1 is 1.15 bits per heavy atom. The van der Waals surface area contributed by atoms with Gasteiger partial charge in [0.2, 0.25) is 0 Å². The fourth-order valence-corrected chi connectivity index (χ4v) is 7.87. The van der Waals surface area contributed by atoms with E-state index < -0.39 is 16.8 Å². The van der Waals surface area contributed by atoms with Crippen molar-refractivity contribution in [1.29, 1.82) is 0 Å². The summed E-state index contributed by atoms with van der Waals surface area (Å²) in [4.78, 5) is 18.9. The summed E-state index contributed by atoms with van der Waals surface area (Å²) >= 11 is 1.62. The summed E-state index contributed by atoms with van der Waals surface area (Å²) in [7, 11) is -1.28. The van der Waals surface area contributed by atoms with Crippen molar-refractivity contribution >= 4 is 49.1 Å². The summed E-state index contributed by atoms with van der Waals surface area (Å²) < 4.78 is 14.7. The Balaban J connectivity index is 0.00000274. The van der Waals surface area contributed by atoms with E-state index in [1.54, 1.807) is 17.4 Å². The van der Waals surface area contributed by atoms with Gasteiger partial charge < -0.3 is 9.90 Å². The third kappa shape index (κ3) is 4.51. The van der Waals surface area contributed by atoms with Crippen molar-refractivity contribution in [2.75, 3.05) is 0 Å². The Hall–Kier alpha value is -1.57. The molecule has 1 unspecified atom stereocenters. The third-order valence-corrected chi connectivity index (χ3v) is 9.90. The van der Waals surface area contributed by atoms with Crippen LogP contribution < -0.4 is 34.7 Å². The van der Waals surface area contributed by atoms with Gasteiger partial charge in [0.05, 0.1) is 32.9 Å². The number of aryl methyl sites for hydroxylation is 2. The smallest absolute Gasteiger partial charge is 0.545 e. The number of benzene rings is 2. The van der Waals surface area contributed by atoms with Crippen molar-refractivity contribution in [3.8, 4) is 10.6 Å². The van der Waals surface area contributed by atoms with Gasteiger partial charge in [-0.15, -0.1) is 11.3 Å². The second-order valence-corrected chi connectivity index (χ2v) is 11.5. The summed E-state index contributed by atoms with van der Waals surface area (Å²) in [6.07, 6.45) is 5.85. The predicted octanol–water partition coefficient (Wildman–Crippen LogP) is 2.80. The molecule has 1 aliphatic rings. The molecule has 2 aromatic heterocycles. The number of carboxylic acid groups (broad SMARTS) is 1. The number of carbonyl (C=O) groups excluding carboxylic acids is 1. The zero-order chi connectivity index (χ0) is 23.1. The molecule has 4 nitrogen and oxygen atoms in total. The van der Waals surface area contributed by atoms with Gasteiger partial charge in [-0.2, -0.15) is 0 Å². The van der Waals surface area contributed by atoms with Crippen LogP contribution in [0.1, 0.15) is 60.5 Å². The quantitative estimate of drug-likeness (QED) is 0.396. The van der Waals surface area contributed by atoms with E-state index in [9.17, 15) is 14.1 Å². The van der Waals surface area contributed by atoms with Gasteiger partial charge in [0.1, 0.15) is 0 Å². The fourth-order valence-electron chi connectivity index (χ4n) is 4.97. The van der Waals surface area contributed by atoms with Crippen molar-refractivity contribution in [1.82, 2.24) is 4.98 Å². The first-order valence-electron chi connectivity index (χ1n) is 11.6. The number of aromatic nitrogens is 1. The van der Waals surface area contributed by atoms with Gasteiger partial charge in [-0.1, -0.05) is 50.5 Å². The Labute approximate surface area is 228 Å². The largest absolute Gasteiger partial charge is 1.00 e. The summed E-state index contributed by atoms with van der Waals surface area (Å²) in [6.45, 7) is 4.08. The molecule has 7 heteroatoms. The minimum atomic E-state index is -1.28. The zero-order valence-corrected chi connectivity index (χ0v) is 23.5. The van der Waals surface area contributed by atoms with Crippen LogP contribution in [0.3, 0.4) is 0 Å². The van der Waals surface area contributed by atoms with E-state index in [2.05, 4.69) is 12.1 Å². The van der Waals surface area contributed by atoms with E-state index in [-0.39, 0.29) is 40.4 Å². The molecule has 0 saturated heterocycles. The van der Waals surface area contributed by atoms with Crippen LogP contribution in [0.2, 0.25) is 0 Å². The van der Waals surface area contributed by atoms with Crippen LogP contribution in [0.15, 0.2) is 47.4 Å². The molecule has 170 valence electrons. The number of pyridine rings is 1. The minimum absolute atomic E-state index is 0. The first kappa shape index (κ1) is 25.5. The predicted molar refractivity (Wildman–Crippen MR) is 134 cm³/mol. The molecule has 0 N–H and O–H groups in total. The zero-order valence-electron chi connectivity index (χ0n) is 19.8. The van der Waals surface area contributed by atoms with Gasteiger partial charge in [0, 0.05) is 25.8 Å². The fraction of sp³-hybridized carbons (Fsp3) is 0.333. The second kappa shape index (κ2) is 10.6. The van der Waals surface area contributed by atoms with Crippen LogP contribution in [0.25, 0.3) is 31.6 Å². The Morgan fingerprint density at radius 2 is 1.88 bits per heavy atom. The topological polar surface area (TPSA) is 70.1 Å². The molecule has 0 radical (unpaired) electrons. The Bertz CT molecular complexity index is 1410. The standard InChI is InChI=1S/C27H27NO3S2.Na/c1-3-17-13-14-23(33(31)18-9-5-4-6-10-18)24-20(27(29)30)15-21(28-25(17)24)26-16(2)19-11-7-8-12-22(19)32-26;/h7-8,11-15,18H,3-6,9-10H2,1-2H3,(H,29,30);/q;+1/p-1. The molecule has 34 heavy (non-hydrogen) atoms. The summed E-state index contributed by atoms with van der Waals surface area (Å²) in [5, 5.41) is 14.1. The Morgan fingerprint density at radius 3 is 2.56 bits per heavy atom. The number of aromatic carboxylic acids is 1. The summed E-state index contributed by atoms with van der Waals surface area (Å²) in [5.41, 5.74) is 3.40. The number of rotatable bonds is 5. The molecule has 0 aliphatic heterocycles. The molecule has 2 aromatic carbocycles. The third-order valence-electron chi connectivity index (χ3n) is 6.75. The molecule has 4 aromatic rings. The van der Waals surface area contributed by atoms with E-state index in [1.807, 2.05) is 38.1 Å². The second-order valence-electron chi connectivity index (χ2n) is 8.75. The van der Waals surface area contributed by atoms with Gasteiger partial charge >= 0.3 is 29.6 Å². The Kier molecular flexibility index (Phi) is 7.95. The number of carbonyl (C=O) groups is 1. The normalized spacial score (nSPS) is 15.4. The van der Waals surface area contributed by atoms with E-state index in [0.29, 0.717) is 27.9 Å². The average molecular weight is 500 g/mol.